The molecule has 0 aliphatic carbocycles. The molecular weight excluding hydrogens is 264 g/mol. The number of nitrogen functional groups attached to an aromatic ring is 1. The highest BCUT2D eigenvalue weighted by atomic mass is 16.5. The number of aliphatic hydroxyl groups is 1. The highest BCUT2D eigenvalue weighted by Gasteiger charge is 2.12. The van der Waals surface area contributed by atoms with Gasteiger partial charge in [0.05, 0.1) is 19.8 Å². The molecule has 0 fully saturated rings. The molecule has 5 N–H and O–H groups in total. The van der Waals surface area contributed by atoms with Crippen LogP contribution in [-0.4, -0.2) is 41.0 Å². The number of aromatic nitrogens is 2. The summed E-state index contributed by atoms with van der Waals surface area (Å²) in [6.07, 6.45) is 0. The zero-order chi connectivity index (χ0) is 15.1. The first-order valence-corrected chi connectivity index (χ1v) is 6.52. The third-order valence-corrected chi connectivity index (χ3v) is 2.57. The summed E-state index contributed by atoms with van der Waals surface area (Å²) in [6.45, 7) is 5.19. The van der Waals surface area contributed by atoms with Crippen molar-refractivity contribution in [1.29, 1.82) is 0 Å². The molecular formula is C12H22N4O4. The van der Waals surface area contributed by atoms with Crippen molar-refractivity contribution in [2.45, 2.75) is 20.4 Å². The first-order valence-electron chi connectivity index (χ1n) is 6.52. The van der Waals surface area contributed by atoms with E-state index < -0.39 is 11.2 Å². The summed E-state index contributed by atoms with van der Waals surface area (Å²) < 4.78 is 6.40. The van der Waals surface area contributed by atoms with Crippen molar-refractivity contribution >= 4 is 11.5 Å². The molecule has 0 unspecified atom stereocenters. The summed E-state index contributed by atoms with van der Waals surface area (Å²) in [4.78, 5) is 25.7. The molecule has 114 valence electrons. The summed E-state index contributed by atoms with van der Waals surface area (Å²) in [7, 11) is 0. The molecule has 1 aromatic rings. The molecule has 0 radical (unpaired) electrons. The SMILES string of the molecule is CC(C)Cn1c(N)c(NCCOCCO)c(=O)[nH]c1=O. The third-order valence-electron chi connectivity index (χ3n) is 2.57. The minimum atomic E-state index is -0.547. The van der Waals surface area contributed by atoms with Crippen LogP contribution in [0.25, 0.3) is 0 Å². The molecule has 8 heteroatoms. The number of nitrogens with zero attached hydrogens (tertiary/aromatic N) is 1. The Balaban J connectivity index is 2.85. The highest BCUT2D eigenvalue weighted by molar-refractivity contribution is 5.60. The maximum Gasteiger partial charge on any atom is 0.330 e. The molecule has 0 aliphatic rings. The van der Waals surface area contributed by atoms with Gasteiger partial charge in [-0.3, -0.25) is 14.3 Å². The number of ether oxygens (including phenoxy) is 1. The summed E-state index contributed by atoms with van der Waals surface area (Å²) in [6, 6.07) is 0. The van der Waals surface area contributed by atoms with Gasteiger partial charge in [-0.25, -0.2) is 4.79 Å². The molecule has 0 saturated heterocycles. The second kappa shape index (κ2) is 7.71. The van der Waals surface area contributed by atoms with Gasteiger partial charge in [0.15, 0.2) is 0 Å². The molecule has 8 nitrogen and oxygen atoms in total. The predicted octanol–water partition coefficient (Wildman–Crippen LogP) is -0.804. The summed E-state index contributed by atoms with van der Waals surface area (Å²) >= 11 is 0. The van der Waals surface area contributed by atoms with Gasteiger partial charge in [-0.2, -0.15) is 0 Å². The molecule has 0 spiro atoms. The molecule has 0 amide bonds. The van der Waals surface area contributed by atoms with Gasteiger partial charge >= 0.3 is 5.69 Å². The Labute approximate surface area is 116 Å². The van der Waals surface area contributed by atoms with Crippen LogP contribution >= 0.6 is 0 Å². The standard InChI is InChI=1S/C12H22N4O4/c1-8(2)7-16-10(13)9(11(18)15-12(16)19)14-3-5-20-6-4-17/h8,14,17H,3-7,13H2,1-2H3,(H,15,18,19). The van der Waals surface area contributed by atoms with Crippen molar-refractivity contribution in [2.24, 2.45) is 5.92 Å². The van der Waals surface area contributed by atoms with Gasteiger partial charge in [0.2, 0.25) is 0 Å². The Hall–Kier alpha value is -1.80. The maximum atomic E-state index is 11.7. The number of anilines is 2. The number of nitrogens with two attached hydrogens (primary N) is 1. The van der Waals surface area contributed by atoms with Crippen LogP contribution in [0.3, 0.4) is 0 Å². The molecule has 1 aromatic heterocycles. The normalized spacial score (nSPS) is 11.0. The van der Waals surface area contributed by atoms with Gasteiger partial charge in [0, 0.05) is 13.1 Å². The van der Waals surface area contributed by atoms with Crippen molar-refractivity contribution < 1.29 is 9.84 Å². The average Bonchev–Trinajstić information content (AvgIpc) is 2.37. The molecule has 0 atom stereocenters. The minimum absolute atomic E-state index is 0.0536. The summed E-state index contributed by atoms with van der Waals surface area (Å²) in [5.74, 6) is 0.344. The lowest BCUT2D eigenvalue weighted by molar-refractivity contribution is 0.0992. The highest BCUT2D eigenvalue weighted by Crippen LogP contribution is 2.11. The fourth-order valence-electron chi connectivity index (χ4n) is 1.72. The smallest absolute Gasteiger partial charge is 0.330 e. The van der Waals surface area contributed by atoms with E-state index in [-0.39, 0.29) is 30.6 Å². The first-order chi connectivity index (χ1) is 9.47. The van der Waals surface area contributed by atoms with Crippen LogP contribution in [0, 0.1) is 5.92 Å². The van der Waals surface area contributed by atoms with Crippen LogP contribution in [-0.2, 0) is 11.3 Å². The van der Waals surface area contributed by atoms with Gasteiger partial charge < -0.3 is 20.9 Å². The topological polar surface area (TPSA) is 122 Å². The number of aromatic amines is 1. The van der Waals surface area contributed by atoms with Gasteiger partial charge in [0.25, 0.3) is 5.56 Å². The van der Waals surface area contributed by atoms with E-state index >= 15 is 0 Å². The van der Waals surface area contributed by atoms with Crippen LogP contribution < -0.4 is 22.3 Å². The molecule has 1 heterocycles. The zero-order valence-electron chi connectivity index (χ0n) is 11.8. The Morgan fingerprint density at radius 3 is 2.70 bits per heavy atom. The van der Waals surface area contributed by atoms with E-state index in [4.69, 9.17) is 15.6 Å². The fraction of sp³-hybridized carbons (Fsp3) is 0.667. The lowest BCUT2D eigenvalue weighted by atomic mass is 10.2. The Morgan fingerprint density at radius 1 is 1.40 bits per heavy atom. The Kier molecular flexibility index (Phi) is 6.26. The van der Waals surface area contributed by atoms with Crippen molar-refractivity contribution in [3.8, 4) is 0 Å². The maximum absolute atomic E-state index is 11.7. The first kappa shape index (κ1) is 16.3. The molecule has 1 rings (SSSR count). The third kappa shape index (κ3) is 4.39. The van der Waals surface area contributed by atoms with Crippen molar-refractivity contribution in [3.05, 3.63) is 20.8 Å². The Morgan fingerprint density at radius 2 is 2.10 bits per heavy atom. The van der Waals surface area contributed by atoms with Crippen molar-refractivity contribution in [2.75, 3.05) is 37.4 Å². The van der Waals surface area contributed by atoms with Gasteiger partial charge in [-0.05, 0) is 5.92 Å². The Bertz CT molecular complexity index is 535. The van der Waals surface area contributed by atoms with E-state index in [2.05, 4.69) is 10.3 Å². The van der Waals surface area contributed by atoms with E-state index in [9.17, 15) is 9.59 Å². The zero-order valence-corrected chi connectivity index (χ0v) is 11.8. The number of rotatable bonds is 8. The van der Waals surface area contributed by atoms with Gasteiger partial charge in [-0.15, -0.1) is 0 Å². The van der Waals surface area contributed by atoms with Crippen LogP contribution in [0.15, 0.2) is 9.59 Å². The van der Waals surface area contributed by atoms with Crippen LogP contribution in [0.4, 0.5) is 11.5 Å². The number of H-pyrrole nitrogens is 1. The summed E-state index contributed by atoms with van der Waals surface area (Å²) in [5, 5.41) is 11.4. The average molecular weight is 286 g/mol. The minimum Gasteiger partial charge on any atom is -0.394 e. The van der Waals surface area contributed by atoms with E-state index in [1.807, 2.05) is 13.8 Å². The molecule has 0 bridgehead atoms. The van der Waals surface area contributed by atoms with Crippen LogP contribution in [0.1, 0.15) is 13.8 Å². The van der Waals surface area contributed by atoms with E-state index in [1.54, 1.807) is 0 Å². The lowest BCUT2D eigenvalue weighted by Crippen LogP contribution is -2.35. The molecule has 0 aliphatic heterocycles. The lowest BCUT2D eigenvalue weighted by Gasteiger charge is -2.15. The molecule has 20 heavy (non-hydrogen) atoms. The number of nitrogens with one attached hydrogen (secondary N) is 2. The van der Waals surface area contributed by atoms with Crippen LogP contribution in [0.5, 0.6) is 0 Å². The number of hydrogen-bond donors (Lipinski definition) is 4. The van der Waals surface area contributed by atoms with E-state index in [0.717, 1.165) is 0 Å². The predicted molar refractivity (Wildman–Crippen MR) is 77.0 cm³/mol. The van der Waals surface area contributed by atoms with E-state index in [0.29, 0.717) is 19.7 Å². The molecule has 0 aromatic carbocycles. The van der Waals surface area contributed by atoms with Crippen molar-refractivity contribution in [3.63, 3.8) is 0 Å². The molecule has 0 saturated carbocycles. The van der Waals surface area contributed by atoms with Crippen molar-refractivity contribution in [1.82, 2.24) is 9.55 Å². The summed E-state index contributed by atoms with van der Waals surface area (Å²) in [5.41, 5.74) is 4.98. The second-order valence-corrected chi connectivity index (χ2v) is 4.79. The largest absolute Gasteiger partial charge is 0.394 e. The van der Waals surface area contributed by atoms with Gasteiger partial charge in [-0.1, -0.05) is 13.8 Å². The van der Waals surface area contributed by atoms with Gasteiger partial charge in [0.1, 0.15) is 11.5 Å². The second-order valence-electron chi connectivity index (χ2n) is 4.79. The van der Waals surface area contributed by atoms with Crippen LogP contribution in [0.2, 0.25) is 0 Å². The monoisotopic (exact) mass is 286 g/mol. The number of hydrogen-bond acceptors (Lipinski definition) is 6. The van der Waals surface area contributed by atoms with E-state index in [1.165, 1.54) is 4.57 Å². The fourth-order valence-corrected chi connectivity index (χ4v) is 1.72. The number of aliphatic hydroxyl groups excluding tert-OH is 1. The quantitative estimate of drug-likeness (QED) is 0.464.